The quantitative estimate of drug-likeness (QED) is 0.899. The minimum Gasteiger partial charge on any atom is -0.327 e. The van der Waals surface area contributed by atoms with Crippen LogP contribution in [-0.2, 0) is 4.79 Å². The Hall–Kier alpha value is -2.21. The second-order valence-corrected chi connectivity index (χ2v) is 5.40. The summed E-state index contributed by atoms with van der Waals surface area (Å²) >= 11 is 0. The maximum Gasteiger partial charge on any atom is 0.229 e. The van der Waals surface area contributed by atoms with Gasteiger partial charge in [-0.1, -0.05) is 12.8 Å². The van der Waals surface area contributed by atoms with Gasteiger partial charge in [-0.2, -0.15) is 5.10 Å². The van der Waals surface area contributed by atoms with Crippen molar-refractivity contribution in [3.8, 4) is 5.82 Å². The van der Waals surface area contributed by atoms with Crippen molar-refractivity contribution < 1.29 is 4.79 Å². The lowest BCUT2D eigenvalue weighted by Crippen LogP contribution is -2.40. The summed E-state index contributed by atoms with van der Waals surface area (Å²) in [5, 5.41) is 7.01. The fourth-order valence-electron chi connectivity index (χ4n) is 2.72. The number of hydrogen-bond donors (Lipinski definition) is 2. The lowest BCUT2D eigenvalue weighted by Gasteiger charge is -2.27. The molecule has 1 fully saturated rings. The van der Waals surface area contributed by atoms with Crippen molar-refractivity contribution in [2.24, 2.45) is 11.7 Å². The number of carbonyl (C=O) groups is 1. The van der Waals surface area contributed by atoms with E-state index < -0.39 is 0 Å². The predicted molar refractivity (Wildman–Crippen MR) is 79.9 cm³/mol. The first kappa shape index (κ1) is 13.8. The molecule has 6 nitrogen and oxygen atoms in total. The van der Waals surface area contributed by atoms with Gasteiger partial charge in [-0.3, -0.25) is 4.79 Å². The van der Waals surface area contributed by atoms with E-state index in [0.717, 1.165) is 25.7 Å². The van der Waals surface area contributed by atoms with Crippen molar-refractivity contribution in [2.75, 3.05) is 5.32 Å². The van der Waals surface area contributed by atoms with Crippen LogP contribution in [0.3, 0.4) is 0 Å². The Morgan fingerprint density at radius 2 is 2.19 bits per heavy atom. The molecule has 21 heavy (non-hydrogen) atoms. The van der Waals surface area contributed by atoms with E-state index in [4.69, 9.17) is 5.73 Å². The molecule has 0 bridgehead atoms. The summed E-state index contributed by atoms with van der Waals surface area (Å²) in [7, 11) is 0. The number of hydrogen-bond acceptors (Lipinski definition) is 4. The average Bonchev–Trinajstić information content (AvgIpc) is 3.02. The van der Waals surface area contributed by atoms with Crippen molar-refractivity contribution in [1.82, 2.24) is 14.8 Å². The van der Waals surface area contributed by atoms with Gasteiger partial charge in [0.2, 0.25) is 5.91 Å². The van der Waals surface area contributed by atoms with Crippen LogP contribution in [0.1, 0.15) is 25.7 Å². The van der Waals surface area contributed by atoms with E-state index in [-0.39, 0.29) is 17.9 Å². The summed E-state index contributed by atoms with van der Waals surface area (Å²) in [6, 6.07) is 5.46. The van der Waals surface area contributed by atoms with Gasteiger partial charge < -0.3 is 11.1 Å². The molecule has 2 heterocycles. The largest absolute Gasteiger partial charge is 0.327 e. The van der Waals surface area contributed by atoms with Crippen LogP contribution in [0.25, 0.3) is 5.82 Å². The van der Waals surface area contributed by atoms with Crippen LogP contribution in [0.5, 0.6) is 0 Å². The molecule has 2 aromatic rings. The lowest BCUT2D eigenvalue weighted by molar-refractivity contribution is -0.121. The summed E-state index contributed by atoms with van der Waals surface area (Å²) in [6.07, 6.45) is 9.14. The van der Waals surface area contributed by atoms with Crippen LogP contribution < -0.4 is 11.1 Å². The zero-order valence-electron chi connectivity index (χ0n) is 11.8. The summed E-state index contributed by atoms with van der Waals surface area (Å²) in [5.41, 5.74) is 6.72. The SMILES string of the molecule is NC1CCCCC1C(=O)Nc1ccc(-n2cccn2)nc1. The van der Waals surface area contributed by atoms with Gasteiger partial charge in [-0.05, 0) is 31.0 Å². The standard InChI is InChI=1S/C15H19N5O/c16-13-5-2-1-4-12(13)15(21)19-11-6-7-14(17-10-11)20-9-3-8-18-20/h3,6-10,12-13H,1-2,4-5,16H2,(H,19,21). The van der Waals surface area contributed by atoms with Crippen molar-refractivity contribution >= 4 is 11.6 Å². The number of pyridine rings is 1. The molecule has 1 aliphatic rings. The third-order valence-electron chi connectivity index (χ3n) is 3.91. The van der Waals surface area contributed by atoms with Gasteiger partial charge in [0, 0.05) is 18.4 Å². The smallest absolute Gasteiger partial charge is 0.229 e. The predicted octanol–water partition coefficient (Wildman–Crippen LogP) is 1.72. The highest BCUT2D eigenvalue weighted by atomic mass is 16.1. The second-order valence-electron chi connectivity index (χ2n) is 5.40. The molecule has 1 aliphatic carbocycles. The number of nitrogens with two attached hydrogens (primary N) is 1. The molecule has 0 saturated heterocycles. The van der Waals surface area contributed by atoms with Crippen LogP contribution in [0, 0.1) is 5.92 Å². The van der Waals surface area contributed by atoms with Crippen LogP contribution in [-0.4, -0.2) is 26.7 Å². The maximum atomic E-state index is 12.3. The van der Waals surface area contributed by atoms with E-state index in [1.807, 2.05) is 24.4 Å². The van der Waals surface area contributed by atoms with Gasteiger partial charge in [0.1, 0.15) is 0 Å². The molecule has 3 N–H and O–H groups in total. The molecule has 0 radical (unpaired) electrons. The number of nitrogens with zero attached hydrogens (tertiary/aromatic N) is 3. The minimum atomic E-state index is -0.0930. The van der Waals surface area contributed by atoms with Crippen molar-refractivity contribution in [3.63, 3.8) is 0 Å². The van der Waals surface area contributed by atoms with Crippen molar-refractivity contribution in [2.45, 2.75) is 31.7 Å². The molecular formula is C15H19N5O. The normalized spacial score (nSPS) is 22.0. The molecule has 2 atom stereocenters. The molecule has 110 valence electrons. The van der Waals surface area contributed by atoms with Gasteiger partial charge in [-0.15, -0.1) is 0 Å². The molecule has 2 aromatic heterocycles. The summed E-state index contributed by atoms with van der Waals surface area (Å²) in [4.78, 5) is 16.5. The Bertz CT molecular complexity index is 593. The van der Waals surface area contributed by atoms with E-state index >= 15 is 0 Å². The van der Waals surface area contributed by atoms with Crippen LogP contribution in [0.15, 0.2) is 36.8 Å². The topological polar surface area (TPSA) is 85.8 Å². The number of nitrogens with one attached hydrogen (secondary N) is 1. The monoisotopic (exact) mass is 285 g/mol. The molecule has 0 aliphatic heterocycles. The van der Waals surface area contributed by atoms with E-state index in [2.05, 4.69) is 15.4 Å². The molecule has 0 aromatic carbocycles. The first-order valence-electron chi connectivity index (χ1n) is 7.26. The Labute approximate surface area is 123 Å². The summed E-state index contributed by atoms with van der Waals surface area (Å²) < 4.78 is 1.67. The average molecular weight is 285 g/mol. The third kappa shape index (κ3) is 3.11. The van der Waals surface area contributed by atoms with Gasteiger partial charge in [0.25, 0.3) is 0 Å². The molecule has 6 heteroatoms. The zero-order valence-corrected chi connectivity index (χ0v) is 11.8. The Balaban J connectivity index is 1.66. The highest BCUT2D eigenvalue weighted by Gasteiger charge is 2.28. The molecule has 1 amide bonds. The molecule has 1 saturated carbocycles. The van der Waals surface area contributed by atoms with Gasteiger partial charge >= 0.3 is 0 Å². The van der Waals surface area contributed by atoms with E-state index in [1.54, 1.807) is 17.1 Å². The van der Waals surface area contributed by atoms with Gasteiger partial charge in [0.15, 0.2) is 5.82 Å². The van der Waals surface area contributed by atoms with E-state index in [1.165, 1.54) is 0 Å². The lowest BCUT2D eigenvalue weighted by atomic mass is 9.84. The first-order valence-corrected chi connectivity index (χ1v) is 7.26. The van der Waals surface area contributed by atoms with E-state index in [9.17, 15) is 4.79 Å². The number of amides is 1. The number of aromatic nitrogens is 3. The number of rotatable bonds is 3. The van der Waals surface area contributed by atoms with Gasteiger partial charge in [0.05, 0.1) is 17.8 Å². The molecule has 0 spiro atoms. The number of carbonyl (C=O) groups excluding carboxylic acids is 1. The van der Waals surface area contributed by atoms with Crippen molar-refractivity contribution in [1.29, 1.82) is 0 Å². The highest BCUT2D eigenvalue weighted by molar-refractivity contribution is 5.92. The van der Waals surface area contributed by atoms with Crippen LogP contribution >= 0.6 is 0 Å². The molecule has 3 rings (SSSR count). The first-order chi connectivity index (χ1) is 10.2. The highest BCUT2D eigenvalue weighted by Crippen LogP contribution is 2.24. The second kappa shape index (κ2) is 6.05. The Kier molecular flexibility index (Phi) is 3.96. The van der Waals surface area contributed by atoms with Crippen LogP contribution in [0.2, 0.25) is 0 Å². The number of anilines is 1. The Morgan fingerprint density at radius 3 is 2.86 bits per heavy atom. The van der Waals surface area contributed by atoms with E-state index in [0.29, 0.717) is 11.5 Å². The molecule has 2 unspecified atom stereocenters. The maximum absolute atomic E-state index is 12.3. The van der Waals surface area contributed by atoms with Gasteiger partial charge in [-0.25, -0.2) is 9.67 Å². The Morgan fingerprint density at radius 1 is 1.33 bits per heavy atom. The minimum absolute atomic E-state index is 0.00385. The van der Waals surface area contributed by atoms with Crippen LogP contribution in [0.4, 0.5) is 5.69 Å². The fourth-order valence-corrected chi connectivity index (χ4v) is 2.72. The third-order valence-corrected chi connectivity index (χ3v) is 3.91. The van der Waals surface area contributed by atoms with Crippen molar-refractivity contribution in [3.05, 3.63) is 36.8 Å². The summed E-state index contributed by atoms with van der Waals surface area (Å²) in [5.74, 6) is 0.618. The zero-order chi connectivity index (χ0) is 14.7. The molecular weight excluding hydrogens is 266 g/mol. The fraction of sp³-hybridized carbons (Fsp3) is 0.400. The summed E-state index contributed by atoms with van der Waals surface area (Å²) in [6.45, 7) is 0.